The van der Waals surface area contributed by atoms with Crippen molar-refractivity contribution in [1.82, 2.24) is 10.2 Å². The van der Waals surface area contributed by atoms with Gasteiger partial charge in [0.1, 0.15) is 0 Å². The van der Waals surface area contributed by atoms with Crippen LogP contribution < -0.4 is 11.1 Å². The first kappa shape index (κ1) is 18.9. The quantitative estimate of drug-likeness (QED) is 0.857. The number of halogens is 1. The van der Waals surface area contributed by atoms with Crippen LogP contribution in [0, 0.1) is 0 Å². The van der Waals surface area contributed by atoms with Gasteiger partial charge in [-0.15, -0.1) is 12.4 Å². The maximum atomic E-state index is 12.3. The molecule has 2 amide bonds. The number of hydrogen-bond acceptors (Lipinski definition) is 4. The van der Waals surface area contributed by atoms with Crippen LogP contribution in [0.4, 0.5) is 0 Å². The van der Waals surface area contributed by atoms with Crippen LogP contribution >= 0.6 is 23.7 Å². The largest absolute Gasteiger partial charge is 0.351 e. The molecule has 0 saturated carbocycles. The van der Waals surface area contributed by atoms with E-state index in [1.807, 2.05) is 17.2 Å². The average molecular weight is 346 g/mol. The molecule has 0 aliphatic carbocycles. The molecule has 1 aliphatic rings. The van der Waals surface area contributed by atoms with Crippen molar-refractivity contribution in [3.8, 4) is 0 Å². The molecule has 3 N–H and O–H groups in total. The van der Waals surface area contributed by atoms with Crippen LogP contribution in [-0.2, 0) is 4.79 Å². The Kier molecular flexibility index (Phi) is 7.85. The van der Waals surface area contributed by atoms with Gasteiger partial charge in [-0.05, 0) is 37.6 Å². The Bertz CT molecular complexity index is 479. The number of thiophene rings is 1. The van der Waals surface area contributed by atoms with Gasteiger partial charge in [0, 0.05) is 42.5 Å². The molecule has 1 aromatic rings. The monoisotopic (exact) mass is 345 g/mol. The number of nitrogens with zero attached hydrogens (tertiary/aromatic N) is 1. The number of amides is 2. The molecule has 2 unspecified atom stereocenters. The average Bonchev–Trinajstić information content (AvgIpc) is 3.01. The van der Waals surface area contributed by atoms with E-state index in [-0.39, 0.29) is 36.3 Å². The zero-order valence-electron chi connectivity index (χ0n) is 12.8. The van der Waals surface area contributed by atoms with Crippen molar-refractivity contribution in [2.24, 2.45) is 5.73 Å². The molecule has 1 aliphatic heterocycles. The Labute approximate surface area is 141 Å². The third-order valence-corrected chi connectivity index (χ3v) is 4.57. The summed E-state index contributed by atoms with van der Waals surface area (Å²) in [4.78, 5) is 26.0. The molecule has 0 spiro atoms. The number of carbonyl (C=O) groups is 2. The lowest BCUT2D eigenvalue weighted by molar-refractivity contribution is -0.135. The van der Waals surface area contributed by atoms with Crippen molar-refractivity contribution in [3.63, 3.8) is 0 Å². The highest BCUT2D eigenvalue weighted by atomic mass is 35.5. The van der Waals surface area contributed by atoms with Crippen LogP contribution in [0.5, 0.6) is 0 Å². The number of carbonyl (C=O) groups excluding carboxylic acids is 2. The van der Waals surface area contributed by atoms with Gasteiger partial charge in [-0.25, -0.2) is 0 Å². The third kappa shape index (κ3) is 4.97. The predicted molar refractivity (Wildman–Crippen MR) is 91.5 cm³/mol. The minimum absolute atomic E-state index is 0. The number of rotatable bonds is 5. The van der Waals surface area contributed by atoms with Crippen molar-refractivity contribution < 1.29 is 9.59 Å². The first-order valence-corrected chi connectivity index (χ1v) is 8.39. The Hall–Kier alpha value is -1.11. The van der Waals surface area contributed by atoms with Gasteiger partial charge in [0.15, 0.2) is 0 Å². The fraction of sp³-hybridized carbons (Fsp3) is 0.600. The molecule has 5 nitrogen and oxygen atoms in total. The van der Waals surface area contributed by atoms with Crippen LogP contribution in [0.3, 0.4) is 0 Å². The molecule has 0 aromatic carbocycles. The summed E-state index contributed by atoms with van der Waals surface area (Å²) in [7, 11) is 0. The summed E-state index contributed by atoms with van der Waals surface area (Å²) in [6.07, 6.45) is 3.48. The van der Waals surface area contributed by atoms with Crippen molar-refractivity contribution >= 4 is 35.6 Å². The summed E-state index contributed by atoms with van der Waals surface area (Å²) in [6, 6.07) is 1.91. The number of piperidine rings is 1. The molecule has 1 aromatic heterocycles. The Morgan fingerprint density at radius 2 is 2.27 bits per heavy atom. The fourth-order valence-corrected chi connectivity index (χ4v) is 3.37. The minimum atomic E-state index is -0.119. The third-order valence-electron chi connectivity index (χ3n) is 3.88. The van der Waals surface area contributed by atoms with E-state index in [0.717, 1.165) is 25.8 Å². The fourth-order valence-electron chi connectivity index (χ4n) is 2.74. The van der Waals surface area contributed by atoms with E-state index in [9.17, 15) is 9.59 Å². The number of nitrogens with two attached hydrogens (primary N) is 1. The van der Waals surface area contributed by atoms with E-state index in [0.29, 0.717) is 18.5 Å². The summed E-state index contributed by atoms with van der Waals surface area (Å²) in [5.41, 5.74) is 6.63. The highest BCUT2D eigenvalue weighted by molar-refractivity contribution is 7.08. The van der Waals surface area contributed by atoms with E-state index in [4.69, 9.17) is 5.73 Å². The SMILES string of the molecule is CC(N)C1CCCCN1C(=O)CCNC(=O)c1ccsc1.Cl. The second-order valence-corrected chi connectivity index (χ2v) is 6.31. The van der Waals surface area contributed by atoms with Crippen molar-refractivity contribution in [1.29, 1.82) is 0 Å². The molecule has 0 bridgehead atoms. The molecule has 1 fully saturated rings. The van der Waals surface area contributed by atoms with Gasteiger partial charge in [-0.2, -0.15) is 11.3 Å². The van der Waals surface area contributed by atoms with Gasteiger partial charge < -0.3 is 16.0 Å². The van der Waals surface area contributed by atoms with Crippen molar-refractivity contribution in [3.05, 3.63) is 22.4 Å². The Morgan fingerprint density at radius 3 is 2.91 bits per heavy atom. The van der Waals surface area contributed by atoms with E-state index < -0.39 is 0 Å². The molecule has 22 heavy (non-hydrogen) atoms. The standard InChI is InChI=1S/C15H23N3O2S.ClH/c1-11(16)13-4-2-3-8-18(13)14(19)5-7-17-15(20)12-6-9-21-10-12;/h6,9-11,13H,2-5,7-8,16H2,1H3,(H,17,20);1H. The highest BCUT2D eigenvalue weighted by Gasteiger charge is 2.28. The van der Waals surface area contributed by atoms with Crippen LogP contribution in [0.1, 0.15) is 43.0 Å². The second-order valence-electron chi connectivity index (χ2n) is 5.53. The maximum Gasteiger partial charge on any atom is 0.252 e. The van der Waals surface area contributed by atoms with Gasteiger partial charge in [-0.3, -0.25) is 9.59 Å². The molecule has 2 rings (SSSR count). The van der Waals surface area contributed by atoms with Gasteiger partial charge in [0.05, 0.1) is 0 Å². The summed E-state index contributed by atoms with van der Waals surface area (Å²) in [5.74, 6) is -0.0333. The Balaban J connectivity index is 0.00000242. The normalized spacial score (nSPS) is 19.2. The van der Waals surface area contributed by atoms with Crippen molar-refractivity contribution in [2.75, 3.05) is 13.1 Å². The lowest BCUT2D eigenvalue weighted by atomic mass is 9.96. The zero-order chi connectivity index (χ0) is 15.2. The molecule has 124 valence electrons. The molecular formula is C15H24ClN3O2S. The van der Waals surface area contributed by atoms with Gasteiger partial charge in [0.25, 0.3) is 5.91 Å². The maximum absolute atomic E-state index is 12.3. The van der Waals surface area contributed by atoms with E-state index in [2.05, 4.69) is 5.32 Å². The molecule has 7 heteroatoms. The Morgan fingerprint density at radius 1 is 1.50 bits per heavy atom. The minimum Gasteiger partial charge on any atom is -0.351 e. The van der Waals surface area contributed by atoms with Crippen LogP contribution in [0.15, 0.2) is 16.8 Å². The predicted octanol–water partition coefficient (Wildman–Crippen LogP) is 2.02. The molecular weight excluding hydrogens is 322 g/mol. The van der Waals surface area contributed by atoms with Crippen LogP contribution in [0.25, 0.3) is 0 Å². The van der Waals surface area contributed by atoms with Crippen LogP contribution in [-0.4, -0.2) is 41.9 Å². The van der Waals surface area contributed by atoms with Gasteiger partial charge in [-0.1, -0.05) is 0 Å². The second kappa shape index (κ2) is 9.12. The smallest absolute Gasteiger partial charge is 0.252 e. The van der Waals surface area contributed by atoms with Gasteiger partial charge in [0.2, 0.25) is 5.91 Å². The summed E-state index contributed by atoms with van der Waals surface area (Å²) < 4.78 is 0. The molecule has 2 heterocycles. The topological polar surface area (TPSA) is 75.4 Å². The number of hydrogen-bond donors (Lipinski definition) is 2. The summed E-state index contributed by atoms with van der Waals surface area (Å²) in [6.45, 7) is 3.10. The van der Waals surface area contributed by atoms with Crippen molar-refractivity contribution in [2.45, 2.75) is 44.7 Å². The molecule has 0 radical (unpaired) electrons. The van der Waals surface area contributed by atoms with E-state index >= 15 is 0 Å². The molecule has 1 saturated heterocycles. The lowest BCUT2D eigenvalue weighted by Crippen LogP contribution is -2.52. The first-order valence-electron chi connectivity index (χ1n) is 7.45. The summed E-state index contributed by atoms with van der Waals surface area (Å²) in [5, 5.41) is 6.45. The number of nitrogens with one attached hydrogen (secondary N) is 1. The zero-order valence-corrected chi connectivity index (χ0v) is 14.4. The van der Waals surface area contributed by atoms with E-state index in [1.165, 1.54) is 11.3 Å². The highest BCUT2D eigenvalue weighted by Crippen LogP contribution is 2.19. The van der Waals surface area contributed by atoms with Gasteiger partial charge >= 0.3 is 0 Å². The van der Waals surface area contributed by atoms with E-state index in [1.54, 1.807) is 11.4 Å². The summed E-state index contributed by atoms with van der Waals surface area (Å²) >= 11 is 1.48. The first-order chi connectivity index (χ1) is 10.1. The lowest BCUT2D eigenvalue weighted by Gasteiger charge is -2.38. The molecule has 2 atom stereocenters. The number of likely N-dealkylation sites (tertiary alicyclic amines) is 1. The van der Waals surface area contributed by atoms with Crippen LogP contribution in [0.2, 0.25) is 0 Å².